The molecule has 6 rings (SSSR count). The Morgan fingerprint density at radius 1 is 1.09 bits per heavy atom. The van der Waals surface area contributed by atoms with E-state index in [1.807, 2.05) is 13.0 Å². The van der Waals surface area contributed by atoms with Gasteiger partial charge in [-0.2, -0.15) is 0 Å². The number of carbonyl (C=O) groups is 2. The molecule has 9 nitrogen and oxygen atoms in total. The Morgan fingerprint density at radius 3 is 2.63 bits per heavy atom. The summed E-state index contributed by atoms with van der Waals surface area (Å²) >= 11 is 2.50. The predicted molar refractivity (Wildman–Crippen MR) is 160 cm³/mol. The van der Waals surface area contributed by atoms with Crippen molar-refractivity contribution >= 4 is 50.9 Å². The number of aliphatic hydroxyl groups excluding tert-OH is 1. The lowest BCUT2D eigenvalue weighted by Gasteiger charge is -2.24. The summed E-state index contributed by atoms with van der Waals surface area (Å²) in [7, 11) is 1.49. The number of methoxy groups -OCH3 is 1. The summed E-state index contributed by atoms with van der Waals surface area (Å²) < 4.78 is 30.8. The molecule has 0 bridgehead atoms. The number of carbonyl (C=O) groups excluding carboxylic acids is 2. The van der Waals surface area contributed by atoms with Gasteiger partial charge >= 0.3 is 0 Å². The number of para-hydroxylation sites is 1. The number of anilines is 1. The number of furan rings is 1. The minimum absolute atomic E-state index is 0.0203. The van der Waals surface area contributed by atoms with E-state index in [4.69, 9.17) is 13.9 Å². The highest BCUT2D eigenvalue weighted by Crippen LogP contribution is 2.45. The lowest BCUT2D eigenvalue weighted by molar-refractivity contribution is -0.117. The van der Waals surface area contributed by atoms with Crippen molar-refractivity contribution < 1.29 is 33.0 Å². The van der Waals surface area contributed by atoms with Gasteiger partial charge in [-0.3, -0.25) is 14.5 Å². The molecular weight excluding hydrogens is 593 g/mol. The number of ether oxygens (including phenoxy) is 2. The molecule has 5 aromatic rings. The van der Waals surface area contributed by atoms with Gasteiger partial charge in [0.05, 0.1) is 25.3 Å². The maximum absolute atomic E-state index is 13.9. The van der Waals surface area contributed by atoms with Gasteiger partial charge in [0.15, 0.2) is 27.4 Å². The van der Waals surface area contributed by atoms with Crippen LogP contribution in [0.25, 0.3) is 11.0 Å². The van der Waals surface area contributed by atoms with E-state index in [9.17, 15) is 19.1 Å². The maximum Gasteiger partial charge on any atom is 0.296 e. The van der Waals surface area contributed by atoms with Gasteiger partial charge in [-0.15, -0.1) is 10.2 Å². The highest BCUT2D eigenvalue weighted by atomic mass is 32.2. The van der Waals surface area contributed by atoms with Crippen molar-refractivity contribution in [2.75, 3.05) is 18.6 Å². The van der Waals surface area contributed by atoms with Crippen molar-refractivity contribution in [2.24, 2.45) is 0 Å². The van der Waals surface area contributed by atoms with Crippen LogP contribution in [0.2, 0.25) is 0 Å². The highest BCUT2D eigenvalue weighted by molar-refractivity contribution is 8.00. The number of halogens is 1. The molecule has 0 saturated carbocycles. The molecule has 1 amide bonds. The zero-order chi connectivity index (χ0) is 30.1. The molecule has 1 aliphatic heterocycles. The van der Waals surface area contributed by atoms with Crippen molar-refractivity contribution in [3.8, 4) is 11.5 Å². The lowest BCUT2D eigenvalue weighted by Crippen LogP contribution is -2.31. The first kappa shape index (κ1) is 28.4. The van der Waals surface area contributed by atoms with Crippen LogP contribution in [0.1, 0.15) is 34.6 Å². The number of nitrogens with zero attached hydrogens (tertiary/aromatic N) is 3. The Kier molecular flexibility index (Phi) is 7.87. The van der Waals surface area contributed by atoms with E-state index in [0.717, 1.165) is 16.9 Å². The largest absolute Gasteiger partial charge is 0.503 e. The number of benzene rings is 3. The minimum Gasteiger partial charge on any atom is -0.503 e. The summed E-state index contributed by atoms with van der Waals surface area (Å²) in [6, 6.07) is 18.8. The molecular formula is C31H24FN3O6S2. The molecule has 0 saturated heterocycles. The fourth-order valence-electron chi connectivity index (χ4n) is 4.79. The minimum atomic E-state index is -1.07. The maximum atomic E-state index is 13.9. The molecule has 0 fully saturated rings. The molecule has 0 radical (unpaired) electrons. The zero-order valence-electron chi connectivity index (χ0n) is 22.9. The molecule has 43 heavy (non-hydrogen) atoms. The molecule has 3 heterocycles. The third-order valence-electron chi connectivity index (χ3n) is 6.78. The summed E-state index contributed by atoms with van der Waals surface area (Å²) in [4.78, 5) is 28.8. The fourth-order valence-corrected chi connectivity index (χ4v) is 6.61. The smallest absolute Gasteiger partial charge is 0.296 e. The van der Waals surface area contributed by atoms with E-state index in [1.165, 1.54) is 35.9 Å². The molecule has 1 atom stereocenters. The monoisotopic (exact) mass is 617 g/mol. The van der Waals surface area contributed by atoms with Crippen molar-refractivity contribution in [2.45, 2.75) is 23.1 Å². The van der Waals surface area contributed by atoms with E-state index in [2.05, 4.69) is 10.2 Å². The number of Topliss-reactive ketones (excluding diaryl/α,β-unsaturated/α-hetero) is 1. The Balaban J connectivity index is 1.39. The predicted octanol–water partition coefficient (Wildman–Crippen LogP) is 6.91. The third kappa shape index (κ3) is 5.46. The molecule has 12 heteroatoms. The van der Waals surface area contributed by atoms with Gasteiger partial charge in [-0.05, 0) is 54.4 Å². The number of rotatable bonds is 10. The normalized spacial score (nSPS) is 15.0. The van der Waals surface area contributed by atoms with Crippen LogP contribution in [0.5, 0.6) is 11.5 Å². The van der Waals surface area contributed by atoms with Crippen molar-refractivity contribution in [1.29, 1.82) is 0 Å². The number of ketones is 1. The van der Waals surface area contributed by atoms with E-state index < -0.39 is 23.5 Å². The van der Waals surface area contributed by atoms with Gasteiger partial charge in [-0.1, -0.05) is 59.5 Å². The fraction of sp³-hybridized carbons (Fsp3) is 0.161. The first-order valence-corrected chi connectivity index (χ1v) is 15.0. The van der Waals surface area contributed by atoms with Crippen LogP contribution in [-0.4, -0.2) is 40.7 Å². The van der Waals surface area contributed by atoms with E-state index in [-0.39, 0.29) is 22.3 Å². The topological polar surface area (TPSA) is 115 Å². The highest BCUT2D eigenvalue weighted by Gasteiger charge is 2.47. The van der Waals surface area contributed by atoms with Crippen LogP contribution in [0.3, 0.4) is 0 Å². The number of hydrogen-bond donors (Lipinski definition) is 1. The summed E-state index contributed by atoms with van der Waals surface area (Å²) in [6.07, 6.45) is 0. The Labute approximate surface area is 253 Å². The summed E-state index contributed by atoms with van der Waals surface area (Å²) in [6.45, 7) is 2.25. The summed E-state index contributed by atoms with van der Waals surface area (Å²) in [5.41, 5.74) is 1.70. The Bertz CT molecular complexity index is 1830. The molecule has 1 N–H and O–H groups in total. The number of aliphatic hydroxyl groups is 1. The molecule has 3 aromatic carbocycles. The number of hydrogen-bond acceptors (Lipinski definition) is 10. The molecule has 2 aromatic heterocycles. The number of amides is 1. The summed E-state index contributed by atoms with van der Waals surface area (Å²) in [5.74, 6) is -1.12. The van der Waals surface area contributed by atoms with Crippen molar-refractivity contribution in [1.82, 2.24) is 10.2 Å². The number of thioether (sulfide) groups is 1. The third-order valence-corrected chi connectivity index (χ3v) is 8.91. The molecule has 0 spiro atoms. The van der Waals surface area contributed by atoms with Gasteiger partial charge in [0, 0.05) is 11.1 Å². The lowest BCUT2D eigenvalue weighted by atomic mass is 9.95. The molecule has 1 unspecified atom stereocenters. The van der Waals surface area contributed by atoms with Crippen molar-refractivity contribution in [3.05, 3.63) is 107 Å². The number of fused-ring (bicyclic) bond motifs is 1. The van der Waals surface area contributed by atoms with Gasteiger partial charge in [0.2, 0.25) is 10.9 Å². The van der Waals surface area contributed by atoms with Gasteiger partial charge in [-0.25, -0.2) is 4.39 Å². The first-order valence-electron chi connectivity index (χ1n) is 13.2. The average Bonchev–Trinajstić information content (AvgIpc) is 3.73. The first-order chi connectivity index (χ1) is 20.9. The SMILES string of the molecule is CCOc1ccc(C2C(C(=O)c3cc4ccccc4o3)=C(O)C(=O)N2c2nnc(SCc3ccc(F)cc3)s2)cc1OC. The Hall–Kier alpha value is -4.68. The second-order valence-corrected chi connectivity index (χ2v) is 11.6. The second-order valence-electron chi connectivity index (χ2n) is 9.43. The van der Waals surface area contributed by atoms with E-state index in [1.54, 1.807) is 54.6 Å². The van der Waals surface area contributed by atoms with Gasteiger partial charge in [0.25, 0.3) is 5.91 Å². The van der Waals surface area contributed by atoms with Crippen LogP contribution in [0.4, 0.5) is 9.52 Å². The molecule has 0 aliphatic carbocycles. The van der Waals surface area contributed by atoms with E-state index in [0.29, 0.717) is 44.7 Å². The van der Waals surface area contributed by atoms with Crippen LogP contribution in [0, 0.1) is 5.82 Å². The van der Waals surface area contributed by atoms with Crippen LogP contribution >= 0.6 is 23.1 Å². The Morgan fingerprint density at radius 2 is 1.88 bits per heavy atom. The second kappa shape index (κ2) is 11.9. The van der Waals surface area contributed by atoms with Crippen LogP contribution in [0.15, 0.2) is 92.9 Å². The van der Waals surface area contributed by atoms with Crippen LogP contribution < -0.4 is 14.4 Å². The number of aromatic nitrogens is 2. The summed E-state index contributed by atoms with van der Waals surface area (Å²) in [5, 5.41) is 20.5. The molecule has 1 aliphatic rings. The van der Waals surface area contributed by atoms with Crippen molar-refractivity contribution in [3.63, 3.8) is 0 Å². The standard InChI is InChI=1S/C31H24FN3O6S2/c1-3-40-22-13-10-19(15-23(22)39-2)26-25(27(36)24-14-18-6-4-5-7-21(18)41-24)28(37)29(38)35(26)30-33-34-31(43-30)42-16-17-8-11-20(32)12-9-17/h4-15,26,37H,3,16H2,1-2H3. The van der Waals surface area contributed by atoms with E-state index >= 15 is 0 Å². The van der Waals surface area contributed by atoms with Crippen LogP contribution in [-0.2, 0) is 10.5 Å². The zero-order valence-corrected chi connectivity index (χ0v) is 24.6. The van der Waals surface area contributed by atoms with Gasteiger partial charge in [0.1, 0.15) is 11.4 Å². The quantitative estimate of drug-likeness (QED) is 0.101. The molecule has 218 valence electrons. The van der Waals surface area contributed by atoms with Gasteiger partial charge < -0.3 is 19.0 Å². The average molecular weight is 618 g/mol.